The van der Waals surface area contributed by atoms with Gasteiger partial charge in [0.2, 0.25) is 0 Å². The highest BCUT2D eigenvalue weighted by atomic mass is 79.9. The second kappa shape index (κ2) is 3.53. The Morgan fingerprint density at radius 2 is 2.42 bits per heavy atom. The summed E-state index contributed by atoms with van der Waals surface area (Å²) in [5.41, 5.74) is 0.0817. The number of hydrogen-bond donors (Lipinski definition) is 1. The number of pyridine rings is 1. The van der Waals surface area contributed by atoms with Gasteiger partial charge in [-0.25, -0.2) is 9.78 Å². The minimum atomic E-state index is -0.571. The normalized spacial score (nSPS) is 9.50. The maximum atomic E-state index is 10.9. The summed E-state index contributed by atoms with van der Waals surface area (Å²) < 4.78 is 4.84. The van der Waals surface area contributed by atoms with Crippen LogP contribution >= 0.6 is 15.9 Å². The van der Waals surface area contributed by atoms with Crippen LogP contribution in [0.15, 0.2) is 16.7 Å². The predicted molar refractivity (Wildman–Crippen MR) is 44.9 cm³/mol. The van der Waals surface area contributed by atoms with Gasteiger partial charge >= 0.3 is 5.97 Å². The highest BCUT2D eigenvalue weighted by molar-refractivity contribution is 9.10. The van der Waals surface area contributed by atoms with Crippen molar-refractivity contribution in [2.75, 3.05) is 7.11 Å². The third kappa shape index (κ3) is 1.73. The smallest absolute Gasteiger partial charge is 0.356 e. The maximum absolute atomic E-state index is 10.9. The summed E-state index contributed by atoms with van der Waals surface area (Å²) in [4.78, 5) is 14.6. The molecule has 0 saturated heterocycles. The summed E-state index contributed by atoms with van der Waals surface area (Å²) >= 11 is 3.04. The van der Waals surface area contributed by atoms with E-state index in [1.165, 1.54) is 19.4 Å². The fourth-order valence-electron chi connectivity index (χ4n) is 0.644. The van der Waals surface area contributed by atoms with E-state index >= 15 is 0 Å². The first kappa shape index (κ1) is 8.99. The number of methoxy groups -OCH3 is 1. The molecule has 0 spiro atoms. The number of ether oxygens (including phenoxy) is 1. The van der Waals surface area contributed by atoms with E-state index in [0.29, 0.717) is 4.47 Å². The van der Waals surface area contributed by atoms with Crippen molar-refractivity contribution in [3.05, 3.63) is 22.4 Å². The zero-order chi connectivity index (χ0) is 9.14. The first-order chi connectivity index (χ1) is 5.65. The van der Waals surface area contributed by atoms with Crippen LogP contribution < -0.4 is 0 Å². The Labute approximate surface area is 77.3 Å². The van der Waals surface area contributed by atoms with Crippen LogP contribution in [0.2, 0.25) is 0 Å². The monoisotopic (exact) mass is 231 g/mol. The SMILES string of the molecule is COC(=O)c1cc(O)c(Br)cn1. The van der Waals surface area contributed by atoms with Crippen molar-refractivity contribution in [2.45, 2.75) is 0 Å². The van der Waals surface area contributed by atoms with Gasteiger partial charge in [-0.15, -0.1) is 0 Å². The molecule has 1 heterocycles. The first-order valence-corrected chi connectivity index (χ1v) is 3.87. The molecule has 1 N–H and O–H groups in total. The van der Waals surface area contributed by atoms with Crippen molar-refractivity contribution < 1.29 is 14.6 Å². The minimum absolute atomic E-state index is 0.0367. The highest BCUT2D eigenvalue weighted by Crippen LogP contribution is 2.22. The highest BCUT2D eigenvalue weighted by Gasteiger charge is 2.08. The van der Waals surface area contributed by atoms with Gasteiger partial charge in [-0.3, -0.25) is 0 Å². The summed E-state index contributed by atoms with van der Waals surface area (Å²) in [5, 5.41) is 9.15. The third-order valence-electron chi connectivity index (χ3n) is 1.23. The number of aromatic hydroxyl groups is 1. The lowest BCUT2D eigenvalue weighted by atomic mass is 10.3. The van der Waals surface area contributed by atoms with Gasteiger partial charge in [0.05, 0.1) is 11.6 Å². The fourth-order valence-corrected chi connectivity index (χ4v) is 0.861. The van der Waals surface area contributed by atoms with Crippen molar-refractivity contribution in [1.82, 2.24) is 4.98 Å². The average molecular weight is 232 g/mol. The van der Waals surface area contributed by atoms with Crippen LogP contribution in [0.5, 0.6) is 5.75 Å². The lowest BCUT2D eigenvalue weighted by molar-refractivity contribution is 0.0593. The Morgan fingerprint density at radius 3 is 2.92 bits per heavy atom. The summed E-state index contributed by atoms with van der Waals surface area (Å²) in [6, 6.07) is 1.23. The number of carbonyl (C=O) groups is 1. The molecule has 0 aliphatic rings. The number of hydrogen-bond acceptors (Lipinski definition) is 4. The van der Waals surface area contributed by atoms with Crippen LogP contribution in [-0.4, -0.2) is 23.2 Å². The Hall–Kier alpha value is -1.10. The standard InChI is InChI=1S/C7H6BrNO3/c1-12-7(11)5-2-6(10)4(8)3-9-5/h2-3H,1H3,(H,9,10). The fraction of sp³-hybridized carbons (Fsp3) is 0.143. The van der Waals surface area contributed by atoms with E-state index in [-0.39, 0.29) is 11.4 Å². The zero-order valence-electron chi connectivity index (χ0n) is 6.24. The van der Waals surface area contributed by atoms with E-state index in [9.17, 15) is 4.79 Å². The third-order valence-corrected chi connectivity index (χ3v) is 1.84. The molecule has 4 nitrogen and oxygen atoms in total. The van der Waals surface area contributed by atoms with E-state index < -0.39 is 5.97 Å². The molecule has 1 rings (SSSR count). The van der Waals surface area contributed by atoms with E-state index in [0.717, 1.165) is 0 Å². The van der Waals surface area contributed by atoms with Gasteiger partial charge in [-0.1, -0.05) is 0 Å². The van der Waals surface area contributed by atoms with E-state index in [4.69, 9.17) is 5.11 Å². The Balaban J connectivity index is 3.05. The van der Waals surface area contributed by atoms with Gasteiger partial charge in [0.25, 0.3) is 0 Å². The molecule has 0 fully saturated rings. The molecule has 0 aliphatic heterocycles. The van der Waals surface area contributed by atoms with E-state index in [1.807, 2.05) is 0 Å². The Morgan fingerprint density at radius 1 is 1.75 bits per heavy atom. The molecule has 1 aromatic rings. The molecule has 0 atom stereocenters. The van der Waals surface area contributed by atoms with Crippen LogP contribution in [0.1, 0.15) is 10.5 Å². The van der Waals surface area contributed by atoms with Crippen molar-refractivity contribution >= 4 is 21.9 Å². The predicted octanol–water partition coefficient (Wildman–Crippen LogP) is 1.34. The molecule has 5 heteroatoms. The molecule has 0 bridgehead atoms. The molecule has 0 aromatic carbocycles. The van der Waals surface area contributed by atoms with Crippen molar-refractivity contribution in [3.8, 4) is 5.75 Å². The van der Waals surface area contributed by atoms with E-state index in [2.05, 4.69) is 25.7 Å². The Bertz CT molecular complexity index is 314. The van der Waals surface area contributed by atoms with Crippen LogP contribution in [0.4, 0.5) is 0 Å². The van der Waals surface area contributed by atoms with Crippen molar-refractivity contribution in [3.63, 3.8) is 0 Å². The van der Waals surface area contributed by atoms with Gasteiger partial charge in [-0.2, -0.15) is 0 Å². The van der Waals surface area contributed by atoms with Crippen LogP contribution in [0, 0.1) is 0 Å². The molecule has 64 valence electrons. The largest absolute Gasteiger partial charge is 0.507 e. The van der Waals surface area contributed by atoms with E-state index in [1.54, 1.807) is 0 Å². The second-order valence-corrected chi connectivity index (χ2v) is 2.87. The zero-order valence-corrected chi connectivity index (χ0v) is 7.83. The molecule has 0 unspecified atom stereocenters. The Kier molecular flexibility index (Phi) is 2.65. The molecule has 0 aliphatic carbocycles. The quantitative estimate of drug-likeness (QED) is 0.742. The van der Waals surface area contributed by atoms with Gasteiger partial charge in [0.1, 0.15) is 5.75 Å². The van der Waals surface area contributed by atoms with Gasteiger partial charge in [0.15, 0.2) is 5.69 Å². The number of rotatable bonds is 1. The van der Waals surface area contributed by atoms with Crippen LogP contribution in [-0.2, 0) is 4.74 Å². The van der Waals surface area contributed by atoms with Crippen molar-refractivity contribution in [1.29, 1.82) is 0 Å². The second-order valence-electron chi connectivity index (χ2n) is 2.01. The van der Waals surface area contributed by atoms with Gasteiger partial charge in [-0.05, 0) is 15.9 Å². The number of carbonyl (C=O) groups excluding carboxylic acids is 1. The molecule has 12 heavy (non-hydrogen) atoms. The number of aromatic nitrogens is 1. The lowest BCUT2D eigenvalue weighted by Gasteiger charge is -1.99. The summed E-state index contributed by atoms with van der Waals surface area (Å²) in [7, 11) is 1.25. The van der Waals surface area contributed by atoms with Gasteiger partial charge < -0.3 is 9.84 Å². The molecular formula is C7H6BrNO3. The summed E-state index contributed by atoms with van der Waals surface area (Å²) in [6.07, 6.45) is 1.33. The van der Waals surface area contributed by atoms with Crippen molar-refractivity contribution in [2.24, 2.45) is 0 Å². The minimum Gasteiger partial charge on any atom is -0.507 e. The topological polar surface area (TPSA) is 59.4 Å². The number of esters is 1. The number of nitrogens with zero attached hydrogens (tertiary/aromatic N) is 1. The molecular weight excluding hydrogens is 226 g/mol. The van der Waals surface area contributed by atoms with Crippen LogP contribution in [0.25, 0.3) is 0 Å². The number of halogens is 1. The lowest BCUT2D eigenvalue weighted by Crippen LogP contribution is -2.03. The molecule has 0 radical (unpaired) electrons. The molecule has 0 amide bonds. The average Bonchev–Trinajstić information content (AvgIpc) is 2.08. The molecule has 1 aromatic heterocycles. The van der Waals surface area contributed by atoms with Crippen LogP contribution in [0.3, 0.4) is 0 Å². The molecule has 0 saturated carbocycles. The maximum Gasteiger partial charge on any atom is 0.356 e. The van der Waals surface area contributed by atoms with Gasteiger partial charge in [0, 0.05) is 12.3 Å². The summed E-state index contributed by atoms with van der Waals surface area (Å²) in [5.74, 6) is -0.608. The summed E-state index contributed by atoms with van der Waals surface area (Å²) in [6.45, 7) is 0. The first-order valence-electron chi connectivity index (χ1n) is 3.08.